The van der Waals surface area contributed by atoms with E-state index in [1.165, 1.54) is 33.5 Å². The Balaban J connectivity index is 1.88. The molecule has 0 aromatic heterocycles. The molecule has 28 heavy (non-hydrogen) atoms. The zero-order valence-electron chi connectivity index (χ0n) is 15.9. The summed E-state index contributed by atoms with van der Waals surface area (Å²) in [6.07, 6.45) is 0.642. The zero-order chi connectivity index (χ0) is 20.3. The highest BCUT2D eigenvalue weighted by atomic mass is 32.2. The number of methoxy groups -OCH3 is 3. The topological polar surface area (TPSA) is 94.2 Å². The average Bonchev–Trinajstić information content (AvgIpc) is 3.10. The Kier molecular flexibility index (Phi) is 5.76. The Hall–Kier alpha value is -2.78. The van der Waals surface area contributed by atoms with Crippen molar-refractivity contribution in [1.82, 2.24) is 0 Å². The molecule has 0 fully saturated rings. The summed E-state index contributed by atoms with van der Waals surface area (Å²) in [5.41, 5.74) is 2.07. The van der Waals surface area contributed by atoms with Crippen molar-refractivity contribution in [2.24, 2.45) is 0 Å². The maximum atomic E-state index is 12.9. The van der Waals surface area contributed by atoms with Gasteiger partial charge in [-0.2, -0.15) is 0 Å². The summed E-state index contributed by atoms with van der Waals surface area (Å²) in [5, 5.41) is 0. The molecule has 1 amide bonds. The van der Waals surface area contributed by atoms with Gasteiger partial charge in [0.1, 0.15) is 23.0 Å². The summed E-state index contributed by atoms with van der Waals surface area (Å²) in [7, 11) is 0.437. The van der Waals surface area contributed by atoms with E-state index in [-0.39, 0.29) is 23.2 Å². The number of amides is 1. The van der Waals surface area contributed by atoms with Gasteiger partial charge in [-0.15, -0.1) is 0 Å². The van der Waals surface area contributed by atoms with Crippen LogP contribution in [0.2, 0.25) is 0 Å². The van der Waals surface area contributed by atoms with Gasteiger partial charge < -0.3 is 19.1 Å². The number of hydrogen-bond donors (Lipinski definition) is 1. The van der Waals surface area contributed by atoms with Gasteiger partial charge in [-0.3, -0.25) is 9.52 Å². The highest BCUT2D eigenvalue weighted by molar-refractivity contribution is 7.92. The van der Waals surface area contributed by atoms with Crippen molar-refractivity contribution in [3.63, 3.8) is 0 Å². The minimum atomic E-state index is -3.90. The summed E-state index contributed by atoms with van der Waals surface area (Å²) in [4.78, 5) is 13.7. The van der Waals surface area contributed by atoms with Crippen LogP contribution in [0.1, 0.15) is 5.56 Å². The van der Waals surface area contributed by atoms with Crippen molar-refractivity contribution in [3.8, 4) is 11.5 Å². The lowest BCUT2D eigenvalue weighted by molar-refractivity contribution is -0.122. The highest BCUT2D eigenvalue weighted by Crippen LogP contribution is 2.33. The first kappa shape index (κ1) is 20.0. The lowest BCUT2D eigenvalue weighted by atomic mass is 10.1. The Bertz CT molecular complexity index is 990. The molecule has 0 saturated carbocycles. The van der Waals surface area contributed by atoms with Crippen molar-refractivity contribution >= 4 is 27.3 Å². The fourth-order valence-corrected chi connectivity index (χ4v) is 4.36. The number of carbonyl (C=O) groups is 1. The smallest absolute Gasteiger partial charge is 0.265 e. The summed E-state index contributed by atoms with van der Waals surface area (Å²) in [6, 6.07) is 9.66. The van der Waals surface area contributed by atoms with Gasteiger partial charge in [-0.05, 0) is 42.3 Å². The predicted octanol–water partition coefficient (Wildman–Crippen LogP) is 2.04. The van der Waals surface area contributed by atoms with Crippen molar-refractivity contribution < 1.29 is 27.4 Å². The molecular weight excluding hydrogens is 384 g/mol. The van der Waals surface area contributed by atoms with Crippen LogP contribution in [0.3, 0.4) is 0 Å². The molecule has 0 atom stereocenters. The van der Waals surface area contributed by atoms with Gasteiger partial charge in [0.25, 0.3) is 15.9 Å². The van der Waals surface area contributed by atoms with E-state index in [1.807, 2.05) is 0 Å². The molecule has 2 aromatic carbocycles. The maximum absolute atomic E-state index is 12.9. The zero-order valence-corrected chi connectivity index (χ0v) is 16.7. The van der Waals surface area contributed by atoms with E-state index in [1.54, 1.807) is 29.2 Å². The second kappa shape index (κ2) is 8.07. The number of nitrogens with zero attached hydrogens (tertiary/aromatic N) is 1. The molecule has 9 heteroatoms. The van der Waals surface area contributed by atoms with Crippen LogP contribution in [0, 0.1) is 0 Å². The summed E-state index contributed by atoms with van der Waals surface area (Å²) in [5.74, 6) is 0.490. The number of nitrogens with one attached hydrogen (secondary N) is 1. The fourth-order valence-electron chi connectivity index (χ4n) is 3.13. The van der Waals surface area contributed by atoms with Crippen LogP contribution in [0.25, 0.3) is 0 Å². The van der Waals surface area contributed by atoms with E-state index >= 15 is 0 Å². The first-order valence-electron chi connectivity index (χ1n) is 8.56. The lowest BCUT2D eigenvalue weighted by Gasteiger charge is -2.17. The number of fused-ring (bicyclic) bond motifs is 1. The SMILES string of the molecule is COCC(=O)N1CCc2cc(NS(=O)(=O)c3cc(OC)ccc3OC)ccc21. The van der Waals surface area contributed by atoms with Gasteiger partial charge >= 0.3 is 0 Å². The number of rotatable bonds is 7. The van der Waals surface area contributed by atoms with E-state index < -0.39 is 10.0 Å². The van der Waals surface area contributed by atoms with E-state index in [4.69, 9.17) is 14.2 Å². The van der Waals surface area contributed by atoms with Crippen LogP contribution in [0.4, 0.5) is 11.4 Å². The molecule has 2 aromatic rings. The van der Waals surface area contributed by atoms with E-state index in [0.717, 1.165) is 11.3 Å². The summed E-state index contributed by atoms with van der Waals surface area (Å²) < 4.78 is 43.5. The maximum Gasteiger partial charge on any atom is 0.265 e. The summed E-state index contributed by atoms with van der Waals surface area (Å²) in [6.45, 7) is 0.543. The standard InChI is InChI=1S/C19H22N2O6S/c1-25-12-19(22)21-9-8-13-10-14(4-6-16(13)21)20-28(23,24)18-11-15(26-2)5-7-17(18)27-3/h4-7,10-11,20H,8-9,12H2,1-3H3. The number of hydrogen-bond acceptors (Lipinski definition) is 6. The molecular formula is C19H22N2O6S. The predicted molar refractivity (Wildman–Crippen MR) is 105 cm³/mol. The lowest BCUT2D eigenvalue weighted by Crippen LogP contribution is -2.31. The first-order valence-corrected chi connectivity index (χ1v) is 10.0. The second-order valence-electron chi connectivity index (χ2n) is 6.19. The number of anilines is 2. The van der Waals surface area contributed by atoms with Crippen LogP contribution in [-0.2, 0) is 26.0 Å². The van der Waals surface area contributed by atoms with E-state index in [9.17, 15) is 13.2 Å². The summed E-state index contributed by atoms with van der Waals surface area (Å²) >= 11 is 0. The Morgan fingerprint density at radius 3 is 2.57 bits per heavy atom. The molecule has 8 nitrogen and oxygen atoms in total. The quantitative estimate of drug-likeness (QED) is 0.756. The molecule has 0 bridgehead atoms. The fraction of sp³-hybridized carbons (Fsp3) is 0.316. The van der Waals surface area contributed by atoms with Crippen molar-refractivity contribution in [3.05, 3.63) is 42.0 Å². The normalized spacial score (nSPS) is 13.2. The molecule has 1 aliphatic heterocycles. The Morgan fingerprint density at radius 1 is 1.11 bits per heavy atom. The van der Waals surface area contributed by atoms with E-state index in [2.05, 4.69) is 4.72 Å². The molecule has 1 aliphatic rings. The Labute approximate surface area is 164 Å². The minimum absolute atomic E-state index is 0.00343. The first-order chi connectivity index (χ1) is 13.4. The van der Waals surface area contributed by atoms with Crippen LogP contribution < -0.4 is 19.1 Å². The molecule has 0 spiro atoms. The van der Waals surface area contributed by atoms with Crippen LogP contribution in [-0.4, -0.2) is 48.8 Å². The third kappa shape index (κ3) is 3.90. The van der Waals surface area contributed by atoms with Crippen LogP contribution in [0.5, 0.6) is 11.5 Å². The van der Waals surface area contributed by atoms with Gasteiger partial charge in [-0.1, -0.05) is 0 Å². The minimum Gasteiger partial charge on any atom is -0.497 e. The van der Waals surface area contributed by atoms with Gasteiger partial charge in [0.05, 0.1) is 14.2 Å². The highest BCUT2D eigenvalue weighted by Gasteiger charge is 2.26. The number of benzene rings is 2. The average molecular weight is 406 g/mol. The molecule has 0 radical (unpaired) electrons. The molecule has 3 rings (SSSR count). The largest absolute Gasteiger partial charge is 0.497 e. The monoisotopic (exact) mass is 406 g/mol. The molecule has 0 unspecified atom stereocenters. The molecule has 0 aliphatic carbocycles. The van der Waals surface area contributed by atoms with Crippen molar-refractivity contribution in [2.75, 3.05) is 44.1 Å². The van der Waals surface area contributed by atoms with Gasteiger partial charge in [-0.25, -0.2) is 8.42 Å². The third-order valence-corrected chi connectivity index (χ3v) is 5.86. The van der Waals surface area contributed by atoms with Crippen molar-refractivity contribution in [2.45, 2.75) is 11.3 Å². The molecule has 1 heterocycles. The molecule has 1 N–H and O–H groups in total. The molecule has 150 valence electrons. The van der Waals surface area contributed by atoms with Gasteiger partial charge in [0.2, 0.25) is 0 Å². The number of carbonyl (C=O) groups excluding carboxylic acids is 1. The van der Waals surface area contributed by atoms with Gasteiger partial charge in [0.15, 0.2) is 0 Å². The Morgan fingerprint density at radius 2 is 1.89 bits per heavy atom. The van der Waals surface area contributed by atoms with Crippen LogP contribution in [0.15, 0.2) is 41.3 Å². The van der Waals surface area contributed by atoms with Crippen LogP contribution >= 0.6 is 0 Å². The van der Waals surface area contributed by atoms with Gasteiger partial charge in [0, 0.05) is 31.1 Å². The molecule has 0 saturated heterocycles. The third-order valence-electron chi connectivity index (χ3n) is 4.46. The second-order valence-corrected chi connectivity index (χ2v) is 7.84. The van der Waals surface area contributed by atoms with Crippen molar-refractivity contribution in [1.29, 1.82) is 0 Å². The number of sulfonamides is 1. The number of ether oxygens (including phenoxy) is 3. The van der Waals surface area contributed by atoms with E-state index in [0.29, 0.717) is 24.4 Å².